The molecule has 98 valence electrons. The Hall–Kier alpha value is 0.620. The summed E-state index contributed by atoms with van der Waals surface area (Å²) in [6.07, 6.45) is 1.62. The first kappa shape index (κ1) is 15.7. The van der Waals surface area contributed by atoms with Crippen molar-refractivity contribution in [2.45, 2.75) is 46.6 Å². The molecule has 0 aliphatic heterocycles. The zero-order valence-electron chi connectivity index (χ0n) is 10.8. The van der Waals surface area contributed by atoms with Gasteiger partial charge in [-0.2, -0.15) is 0 Å². The van der Waals surface area contributed by atoms with Gasteiger partial charge in [0.2, 0.25) is 0 Å². The summed E-state index contributed by atoms with van der Waals surface area (Å²) in [5, 5.41) is 10.2. The third-order valence-electron chi connectivity index (χ3n) is 2.58. The van der Waals surface area contributed by atoms with Gasteiger partial charge < -0.3 is 5.11 Å². The SMILES string of the molecule is CC(CC(O)c1cc(Br)c(Br)s1)CC(C)(C)C. The first-order valence-corrected chi connectivity index (χ1v) is 8.22. The third kappa shape index (κ3) is 5.41. The van der Waals surface area contributed by atoms with E-state index in [4.69, 9.17) is 0 Å². The Morgan fingerprint density at radius 1 is 1.35 bits per heavy atom. The van der Waals surface area contributed by atoms with Crippen molar-refractivity contribution in [3.8, 4) is 0 Å². The van der Waals surface area contributed by atoms with E-state index in [0.29, 0.717) is 11.3 Å². The summed E-state index contributed by atoms with van der Waals surface area (Å²) in [4.78, 5) is 1.03. The van der Waals surface area contributed by atoms with E-state index in [1.807, 2.05) is 6.07 Å². The predicted octanol–water partition coefficient (Wildman–Crippen LogP) is 5.77. The van der Waals surface area contributed by atoms with E-state index in [2.05, 4.69) is 59.6 Å². The van der Waals surface area contributed by atoms with Crippen LogP contribution in [0.25, 0.3) is 0 Å². The molecule has 0 amide bonds. The second-order valence-corrected chi connectivity index (χ2v) is 9.15. The Bertz CT molecular complexity index is 348. The number of thiophene rings is 1. The van der Waals surface area contributed by atoms with E-state index in [1.54, 1.807) is 11.3 Å². The number of hydrogen-bond donors (Lipinski definition) is 1. The molecule has 0 radical (unpaired) electrons. The minimum absolute atomic E-state index is 0.329. The Morgan fingerprint density at radius 2 is 1.94 bits per heavy atom. The second kappa shape index (κ2) is 6.18. The van der Waals surface area contributed by atoms with Crippen LogP contribution in [0, 0.1) is 11.3 Å². The fourth-order valence-corrected chi connectivity index (χ4v) is 4.24. The van der Waals surface area contributed by atoms with E-state index in [1.165, 1.54) is 0 Å². The van der Waals surface area contributed by atoms with Gasteiger partial charge in [-0.3, -0.25) is 0 Å². The normalized spacial score (nSPS) is 15.9. The van der Waals surface area contributed by atoms with Gasteiger partial charge in [-0.05, 0) is 62.1 Å². The molecule has 0 saturated heterocycles. The molecule has 2 atom stereocenters. The second-order valence-electron chi connectivity index (χ2n) is 5.89. The van der Waals surface area contributed by atoms with Gasteiger partial charge in [-0.1, -0.05) is 27.7 Å². The maximum absolute atomic E-state index is 10.2. The molecule has 1 N–H and O–H groups in total. The molecule has 0 aromatic carbocycles. The fraction of sp³-hybridized carbons (Fsp3) is 0.692. The molecule has 0 aliphatic carbocycles. The zero-order valence-corrected chi connectivity index (χ0v) is 14.7. The van der Waals surface area contributed by atoms with Gasteiger partial charge in [0.25, 0.3) is 0 Å². The molecule has 1 aromatic rings. The summed E-state index contributed by atoms with van der Waals surface area (Å²) in [7, 11) is 0. The van der Waals surface area contributed by atoms with Gasteiger partial charge in [-0.15, -0.1) is 11.3 Å². The monoisotopic (exact) mass is 382 g/mol. The molecule has 1 heterocycles. The highest BCUT2D eigenvalue weighted by atomic mass is 79.9. The van der Waals surface area contributed by atoms with E-state index in [-0.39, 0.29) is 6.10 Å². The van der Waals surface area contributed by atoms with Crippen LogP contribution in [-0.4, -0.2) is 5.11 Å². The highest BCUT2D eigenvalue weighted by Gasteiger charge is 2.20. The van der Waals surface area contributed by atoms with E-state index >= 15 is 0 Å². The average molecular weight is 384 g/mol. The fourth-order valence-electron chi connectivity index (χ4n) is 2.15. The molecule has 17 heavy (non-hydrogen) atoms. The molecule has 1 rings (SSSR count). The van der Waals surface area contributed by atoms with Crippen LogP contribution in [0.2, 0.25) is 0 Å². The van der Waals surface area contributed by atoms with Gasteiger partial charge >= 0.3 is 0 Å². The van der Waals surface area contributed by atoms with Crippen molar-refractivity contribution >= 4 is 43.2 Å². The van der Waals surface area contributed by atoms with Gasteiger partial charge in [0.1, 0.15) is 0 Å². The lowest BCUT2D eigenvalue weighted by molar-refractivity contribution is 0.137. The maximum Gasteiger partial charge on any atom is 0.0885 e. The van der Waals surface area contributed by atoms with Crippen molar-refractivity contribution in [2.24, 2.45) is 11.3 Å². The highest BCUT2D eigenvalue weighted by molar-refractivity contribution is 9.13. The summed E-state index contributed by atoms with van der Waals surface area (Å²) in [6, 6.07) is 2.00. The first-order chi connectivity index (χ1) is 7.69. The van der Waals surface area contributed by atoms with Crippen LogP contribution in [0.15, 0.2) is 14.3 Å². The molecule has 1 aromatic heterocycles. The number of rotatable bonds is 4. The molecule has 0 aliphatic rings. The quantitative estimate of drug-likeness (QED) is 0.699. The van der Waals surface area contributed by atoms with Crippen molar-refractivity contribution in [3.05, 3.63) is 19.2 Å². The summed E-state index contributed by atoms with van der Waals surface area (Å²) >= 11 is 8.51. The van der Waals surface area contributed by atoms with Crippen molar-refractivity contribution in [1.29, 1.82) is 0 Å². The molecule has 4 heteroatoms. The van der Waals surface area contributed by atoms with E-state index < -0.39 is 0 Å². The van der Waals surface area contributed by atoms with Crippen molar-refractivity contribution < 1.29 is 5.11 Å². The Labute approximate surface area is 125 Å². The molecular formula is C13H20Br2OS. The van der Waals surface area contributed by atoms with Gasteiger partial charge in [0, 0.05) is 9.35 Å². The van der Waals surface area contributed by atoms with Gasteiger partial charge in [-0.25, -0.2) is 0 Å². The number of aliphatic hydroxyl groups excluding tert-OH is 1. The van der Waals surface area contributed by atoms with Crippen LogP contribution >= 0.6 is 43.2 Å². The Kier molecular flexibility index (Phi) is 5.70. The first-order valence-electron chi connectivity index (χ1n) is 5.82. The van der Waals surface area contributed by atoms with Crippen LogP contribution in [-0.2, 0) is 0 Å². The summed E-state index contributed by atoms with van der Waals surface area (Å²) < 4.78 is 2.08. The lowest BCUT2D eigenvalue weighted by atomic mass is 9.83. The zero-order chi connectivity index (χ0) is 13.2. The van der Waals surface area contributed by atoms with E-state index in [9.17, 15) is 5.11 Å². The Morgan fingerprint density at radius 3 is 2.35 bits per heavy atom. The van der Waals surface area contributed by atoms with Crippen molar-refractivity contribution in [3.63, 3.8) is 0 Å². The minimum atomic E-state index is -0.347. The van der Waals surface area contributed by atoms with Crippen molar-refractivity contribution in [2.75, 3.05) is 0 Å². The standard InChI is InChI=1S/C13H20Br2OS/c1-8(7-13(2,3)4)5-10(16)11-6-9(14)12(15)17-11/h6,8,10,16H,5,7H2,1-4H3. The van der Waals surface area contributed by atoms with Gasteiger partial charge in [0.05, 0.1) is 9.89 Å². The summed E-state index contributed by atoms with van der Waals surface area (Å²) in [5.74, 6) is 0.532. The summed E-state index contributed by atoms with van der Waals surface area (Å²) in [5.41, 5.74) is 0.329. The predicted molar refractivity (Wildman–Crippen MR) is 82.5 cm³/mol. The maximum atomic E-state index is 10.2. The number of aliphatic hydroxyl groups is 1. The molecule has 2 unspecified atom stereocenters. The number of halogens is 2. The van der Waals surface area contributed by atoms with Crippen LogP contribution < -0.4 is 0 Å². The molecule has 0 spiro atoms. The van der Waals surface area contributed by atoms with E-state index in [0.717, 1.165) is 26.0 Å². The van der Waals surface area contributed by atoms with Crippen LogP contribution in [0.5, 0.6) is 0 Å². The van der Waals surface area contributed by atoms with Crippen LogP contribution in [0.4, 0.5) is 0 Å². The largest absolute Gasteiger partial charge is 0.388 e. The van der Waals surface area contributed by atoms with Crippen LogP contribution in [0.3, 0.4) is 0 Å². The van der Waals surface area contributed by atoms with Crippen LogP contribution in [0.1, 0.15) is 51.5 Å². The average Bonchev–Trinajstić information content (AvgIpc) is 2.43. The molecule has 0 fully saturated rings. The minimum Gasteiger partial charge on any atom is -0.388 e. The smallest absolute Gasteiger partial charge is 0.0885 e. The topological polar surface area (TPSA) is 20.2 Å². The molecule has 0 bridgehead atoms. The lowest BCUT2D eigenvalue weighted by Gasteiger charge is -2.24. The molecule has 0 saturated carbocycles. The van der Waals surface area contributed by atoms with Gasteiger partial charge in [0.15, 0.2) is 0 Å². The Balaban J connectivity index is 2.57. The number of hydrogen-bond acceptors (Lipinski definition) is 2. The third-order valence-corrected chi connectivity index (χ3v) is 5.94. The molecular weight excluding hydrogens is 364 g/mol. The molecule has 1 nitrogen and oxygen atoms in total. The van der Waals surface area contributed by atoms with Crippen molar-refractivity contribution in [1.82, 2.24) is 0 Å². The summed E-state index contributed by atoms with van der Waals surface area (Å²) in [6.45, 7) is 8.95. The highest BCUT2D eigenvalue weighted by Crippen LogP contribution is 2.38. The lowest BCUT2D eigenvalue weighted by Crippen LogP contribution is -2.13.